The molecule has 2 aromatic heterocycles. The largest absolute Gasteiger partial charge is 0.456 e. The zero-order valence-corrected chi connectivity index (χ0v) is 27.9. The fourth-order valence-electron chi connectivity index (χ4n) is 7.76. The van der Waals surface area contributed by atoms with Crippen LogP contribution in [0.25, 0.3) is 78.4 Å². The van der Waals surface area contributed by atoms with E-state index >= 15 is 0 Å². The number of nitrogens with zero attached hydrogens (tertiary/aromatic N) is 3. The monoisotopic (exact) mass is 653 g/mol. The molecule has 4 nitrogen and oxygen atoms in total. The van der Waals surface area contributed by atoms with E-state index in [1.54, 1.807) is 0 Å². The van der Waals surface area contributed by atoms with Crippen molar-refractivity contribution in [2.75, 3.05) is 0 Å². The molecular weight excluding hydrogens is 623 g/mol. The molecule has 1 atom stereocenters. The average molecular weight is 654 g/mol. The van der Waals surface area contributed by atoms with E-state index in [1.807, 2.05) is 48.5 Å². The molecule has 7 aromatic carbocycles. The quantitative estimate of drug-likeness (QED) is 0.185. The molecule has 0 amide bonds. The molecule has 0 radical (unpaired) electrons. The molecular formula is C47H31N3O. The first-order valence-electron chi connectivity index (χ1n) is 17.3. The minimum Gasteiger partial charge on any atom is -0.456 e. The lowest BCUT2D eigenvalue weighted by molar-refractivity contribution is 0.663. The SMILES string of the molecule is CC1(c2ccccc2)c2cc(-c3nc(-c4ccccc4)nc(-c4ccc(-c5ccccc5)cc4)n3)ccc2-c2cc3c(cc21)oc1ccccc13. The Labute approximate surface area is 295 Å². The first-order valence-corrected chi connectivity index (χ1v) is 17.3. The van der Waals surface area contributed by atoms with Gasteiger partial charge in [-0.25, -0.2) is 15.0 Å². The number of fused-ring (bicyclic) bond motifs is 6. The van der Waals surface area contributed by atoms with E-state index in [0.29, 0.717) is 17.5 Å². The first-order chi connectivity index (χ1) is 25.1. The third kappa shape index (κ3) is 4.72. The van der Waals surface area contributed by atoms with Crippen molar-refractivity contribution in [1.29, 1.82) is 0 Å². The molecule has 4 heteroatoms. The van der Waals surface area contributed by atoms with Crippen LogP contribution in [0.15, 0.2) is 174 Å². The second kappa shape index (κ2) is 11.5. The Morgan fingerprint density at radius 1 is 0.392 bits per heavy atom. The zero-order valence-electron chi connectivity index (χ0n) is 27.9. The minimum atomic E-state index is -0.430. The molecule has 51 heavy (non-hydrogen) atoms. The Kier molecular flexibility index (Phi) is 6.58. The van der Waals surface area contributed by atoms with Crippen LogP contribution in [0, 0.1) is 0 Å². The van der Waals surface area contributed by atoms with Gasteiger partial charge in [0.25, 0.3) is 0 Å². The van der Waals surface area contributed by atoms with E-state index in [4.69, 9.17) is 19.4 Å². The van der Waals surface area contributed by atoms with Crippen LogP contribution in [0.3, 0.4) is 0 Å². The Balaban J connectivity index is 1.16. The summed E-state index contributed by atoms with van der Waals surface area (Å²) in [6.07, 6.45) is 0. The van der Waals surface area contributed by atoms with E-state index in [1.165, 1.54) is 33.4 Å². The van der Waals surface area contributed by atoms with Crippen LogP contribution in [0.2, 0.25) is 0 Å². The van der Waals surface area contributed by atoms with Gasteiger partial charge in [0.2, 0.25) is 0 Å². The molecule has 0 saturated heterocycles. The van der Waals surface area contributed by atoms with Crippen molar-refractivity contribution in [1.82, 2.24) is 15.0 Å². The van der Waals surface area contributed by atoms with Crippen molar-refractivity contribution in [3.05, 3.63) is 187 Å². The standard InChI is InChI=1S/C47H31N3O/c1-47(35-17-9-4-10-18-35)40-27-34(25-26-36(40)38-28-39-37-19-11-12-20-42(37)51-43(39)29-41(38)47)46-49-44(32-15-7-3-8-16-32)48-45(50-46)33-23-21-31(22-24-33)30-13-5-2-6-14-30/h2-29H,1H3. The van der Waals surface area contributed by atoms with Crippen LogP contribution in [0.1, 0.15) is 23.6 Å². The van der Waals surface area contributed by atoms with E-state index in [9.17, 15) is 0 Å². The summed E-state index contributed by atoms with van der Waals surface area (Å²) >= 11 is 0. The summed E-state index contributed by atoms with van der Waals surface area (Å²) in [5, 5.41) is 2.26. The molecule has 0 spiro atoms. The normalized spacial score (nSPS) is 14.8. The van der Waals surface area contributed by atoms with E-state index < -0.39 is 5.41 Å². The third-order valence-electron chi connectivity index (χ3n) is 10.4. The molecule has 0 fully saturated rings. The van der Waals surface area contributed by atoms with Crippen molar-refractivity contribution in [2.45, 2.75) is 12.3 Å². The molecule has 240 valence electrons. The molecule has 0 bridgehead atoms. The molecule has 2 heterocycles. The van der Waals surface area contributed by atoms with Gasteiger partial charge in [-0.05, 0) is 70.1 Å². The van der Waals surface area contributed by atoms with Crippen molar-refractivity contribution in [2.24, 2.45) is 0 Å². The maximum atomic E-state index is 6.41. The van der Waals surface area contributed by atoms with Gasteiger partial charge in [0.05, 0.1) is 0 Å². The summed E-state index contributed by atoms with van der Waals surface area (Å²) in [5.74, 6) is 1.92. The highest BCUT2D eigenvalue weighted by Gasteiger charge is 2.42. The van der Waals surface area contributed by atoms with Gasteiger partial charge in [-0.1, -0.05) is 146 Å². The number of para-hydroxylation sites is 1. The van der Waals surface area contributed by atoms with Gasteiger partial charge in [-0.2, -0.15) is 0 Å². The summed E-state index contributed by atoms with van der Waals surface area (Å²) in [5.41, 5.74) is 12.6. The summed E-state index contributed by atoms with van der Waals surface area (Å²) in [7, 11) is 0. The van der Waals surface area contributed by atoms with Gasteiger partial charge in [-0.3, -0.25) is 0 Å². The molecule has 0 N–H and O–H groups in total. The summed E-state index contributed by atoms with van der Waals surface area (Å²) < 4.78 is 6.41. The smallest absolute Gasteiger partial charge is 0.164 e. The van der Waals surface area contributed by atoms with Gasteiger partial charge in [0.1, 0.15) is 11.2 Å². The first kappa shape index (κ1) is 29.3. The lowest BCUT2D eigenvalue weighted by Gasteiger charge is -2.28. The van der Waals surface area contributed by atoms with Crippen molar-refractivity contribution >= 4 is 21.9 Å². The van der Waals surface area contributed by atoms with Gasteiger partial charge >= 0.3 is 0 Å². The van der Waals surface area contributed by atoms with Gasteiger partial charge < -0.3 is 4.42 Å². The van der Waals surface area contributed by atoms with Crippen molar-refractivity contribution in [3.8, 4) is 56.4 Å². The highest BCUT2D eigenvalue weighted by Crippen LogP contribution is 2.54. The fourth-order valence-corrected chi connectivity index (χ4v) is 7.76. The predicted molar refractivity (Wildman–Crippen MR) is 206 cm³/mol. The lowest BCUT2D eigenvalue weighted by Crippen LogP contribution is -2.22. The number of benzene rings is 7. The topological polar surface area (TPSA) is 51.8 Å². The second-order valence-electron chi connectivity index (χ2n) is 13.4. The predicted octanol–water partition coefficient (Wildman–Crippen LogP) is 11.8. The number of aromatic nitrogens is 3. The minimum absolute atomic E-state index is 0.430. The molecule has 10 rings (SSSR count). The Bertz CT molecular complexity index is 2740. The van der Waals surface area contributed by atoms with E-state index in [0.717, 1.165) is 44.2 Å². The van der Waals surface area contributed by atoms with Gasteiger partial charge in [0, 0.05) is 32.9 Å². The molecule has 0 saturated carbocycles. The summed E-state index contributed by atoms with van der Waals surface area (Å²) in [4.78, 5) is 15.2. The third-order valence-corrected chi connectivity index (χ3v) is 10.4. The van der Waals surface area contributed by atoms with Crippen molar-refractivity contribution in [3.63, 3.8) is 0 Å². The fraction of sp³-hybridized carbons (Fsp3) is 0.0426. The van der Waals surface area contributed by atoms with Crippen LogP contribution in [-0.2, 0) is 5.41 Å². The second-order valence-corrected chi connectivity index (χ2v) is 13.4. The molecule has 0 aliphatic heterocycles. The Hall–Kier alpha value is -6.65. The maximum absolute atomic E-state index is 6.41. The van der Waals surface area contributed by atoms with Crippen molar-refractivity contribution < 1.29 is 4.42 Å². The van der Waals surface area contributed by atoms with E-state index in [-0.39, 0.29) is 0 Å². The molecule has 1 unspecified atom stereocenters. The highest BCUT2D eigenvalue weighted by atomic mass is 16.3. The number of rotatable bonds is 5. The Morgan fingerprint density at radius 2 is 0.902 bits per heavy atom. The highest BCUT2D eigenvalue weighted by molar-refractivity contribution is 6.08. The maximum Gasteiger partial charge on any atom is 0.164 e. The lowest BCUT2D eigenvalue weighted by atomic mass is 9.74. The Morgan fingerprint density at radius 3 is 1.61 bits per heavy atom. The average Bonchev–Trinajstić information content (AvgIpc) is 3.70. The zero-order chi connectivity index (χ0) is 33.9. The van der Waals surface area contributed by atoms with Crippen LogP contribution in [0.5, 0.6) is 0 Å². The van der Waals surface area contributed by atoms with Crippen LogP contribution in [0.4, 0.5) is 0 Å². The number of hydrogen-bond donors (Lipinski definition) is 0. The summed E-state index contributed by atoms with van der Waals surface area (Å²) in [6, 6.07) is 59.3. The summed E-state index contributed by atoms with van der Waals surface area (Å²) in [6.45, 7) is 2.33. The molecule has 1 aliphatic carbocycles. The van der Waals surface area contributed by atoms with E-state index in [2.05, 4.69) is 128 Å². The number of furan rings is 1. The van der Waals surface area contributed by atoms with Crippen LogP contribution in [-0.4, -0.2) is 15.0 Å². The molecule has 1 aliphatic rings. The molecule has 9 aromatic rings. The van der Waals surface area contributed by atoms with Crippen LogP contribution >= 0.6 is 0 Å². The number of hydrogen-bond acceptors (Lipinski definition) is 4. The van der Waals surface area contributed by atoms with Gasteiger partial charge in [0.15, 0.2) is 17.5 Å². The van der Waals surface area contributed by atoms with Gasteiger partial charge in [-0.15, -0.1) is 0 Å². The van der Waals surface area contributed by atoms with Crippen LogP contribution < -0.4 is 0 Å².